The molecule has 0 aromatic rings. The van der Waals surface area contributed by atoms with E-state index < -0.39 is 0 Å². The van der Waals surface area contributed by atoms with Gasteiger partial charge in [0, 0.05) is 19.6 Å². The molecule has 0 saturated heterocycles. The molecule has 0 aromatic carbocycles. The molecule has 0 heterocycles. The number of hydrogen-bond donors (Lipinski definition) is 0. The Morgan fingerprint density at radius 2 is 0.778 bits per heavy atom. The Kier molecular flexibility index (Phi) is 52.9. The van der Waals surface area contributed by atoms with Crippen LogP contribution in [0.1, 0.15) is 303 Å². The summed E-state index contributed by atoms with van der Waals surface area (Å²) in [7, 11) is 4.39. The van der Waals surface area contributed by atoms with Crippen LogP contribution < -0.4 is 0 Å². The molecule has 0 saturated carbocycles. The summed E-state index contributed by atoms with van der Waals surface area (Å²) < 4.78 is 18.1. The van der Waals surface area contributed by atoms with Crippen molar-refractivity contribution in [3.05, 3.63) is 12.2 Å². The lowest BCUT2D eigenvalue weighted by Gasteiger charge is -2.19. The zero-order valence-electron chi connectivity index (χ0n) is 43.8. The maximum absolute atomic E-state index is 12.1. The van der Waals surface area contributed by atoms with Gasteiger partial charge in [-0.15, -0.1) is 0 Å². The smallest absolute Gasteiger partial charge is 0.306 e. The number of rotatable bonds is 54. The molecule has 0 N–H and O–H groups in total. The van der Waals surface area contributed by atoms with Crippen molar-refractivity contribution < 1.29 is 19.0 Å². The van der Waals surface area contributed by atoms with Gasteiger partial charge in [0.1, 0.15) is 6.61 Å². The monoisotopic (exact) mass is 890 g/mol. The van der Waals surface area contributed by atoms with E-state index in [1.165, 1.54) is 257 Å². The summed E-state index contributed by atoms with van der Waals surface area (Å²) in [6.45, 7) is 10.2. The SMILES string of the molecule is CCCCCC/C=C\COC(=O)CCCCCCCCCC(CCCCCCCCCC(OCCCCCCCCCC)OCCCCCCCCCC)CCCCCCN(C)C. The van der Waals surface area contributed by atoms with E-state index in [2.05, 4.69) is 45.8 Å². The standard InChI is InChI=1S/C58H115NO4/c1-6-9-12-15-18-27-36-45-54-62-58(63-55-46-37-28-19-16-13-10-7-2)51-42-32-25-21-23-30-39-48-56(49-40-33-34-43-52-59(4)5)47-38-29-22-20-24-31-41-50-57(60)61-53-44-35-26-17-14-11-8-3/h35,44,56,58H,6-34,36-43,45-55H2,1-5H3/b44-35-. The third kappa shape index (κ3) is 51.9. The third-order valence-corrected chi connectivity index (χ3v) is 13.3. The summed E-state index contributed by atoms with van der Waals surface area (Å²) in [6.07, 6.45) is 61.8. The molecule has 0 aliphatic carbocycles. The first-order chi connectivity index (χ1) is 31.0. The summed E-state index contributed by atoms with van der Waals surface area (Å²) in [5.74, 6) is 0.896. The Hall–Kier alpha value is -0.910. The number of hydrogen-bond acceptors (Lipinski definition) is 5. The van der Waals surface area contributed by atoms with E-state index in [-0.39, 0.29) is 12.3 Å². The zero-order valence-corrected chi connectivity index (χ0v) is 43.8. The van der Waals surface area contributed by atoms with Crippen LogP contribution in [-0.4, -0.2) is 57.6 Å². The molecule has 0 radical (unpaired) electrons. The Bertz CT molecular complexity index is 870. The minimum atomic E-state index is -0.0295. The van der Waals surface area contributed by atoms with E-state index in [9.17, 15) is 4.79 Å². The van der Waals surface area contributed by atoms with Crippen molar-refractivity contribution in [2.45, 2.75) is 310 Å². The second kappa shape index (κ2) is 53.7. The molecule has 0 bridgehead atoms. The molecule has 0 rings (SSSR count). The first-order valence-corrected chi connectivity index (χ1v) is 28.7. The molecule has 0 spiro atoms. The van der Waals surface area contributed by atoms with E-state index >= 15 is 0 Å². The Balaban J connectivity index is 4.30. The highest BCUT2D eigenvalue weighted by Gasteiger charge is 2.11. The number of carbonyl (C=O) groups excluding carboxylic acids is 1. The molecule has 0 amide bonds. The highest BCUT2D eigenvalue weighted by molar-refractivity contribution is 5.69. The van der Waals surface area contributed by atoms with Crippen molar-refractivity contribution in [1.29, 1.82) is 0 Å². The lowest BCUT2D eigenvalue weighted by atomic mass is 9.89. The summed E-state index contributed by atoms with van der Waals surface area (Å²) in [4.78, 5) is 14.4. The molecule has 1 unspecified atom stereocenters. The van der Waals surface area contributed by atoms with E-state index in [0.717, 1.165) is 44.8 Å². The largest absolute Gasteiger partial charge is 0.461 e. The van der Waals surface area contributed by atoms with Gasteiger partial charge < -0.3 is 19.1 Å². The first kappa shape index (κ1) is 62.1. The second-order valence-electron chi connectivity index (χ2n) is 20.1. The third-order valence-electron chi connectivity index (χ3n) is 13.3. The molecule has 0 aliphatic rings. The average molecular weight is 891 g/mol. The number of esters is 1. The van der Waals surface area contributed by atoms with Crippen LogP contribution in [0.15, 0.2) is 12.2 Å². The van der Waals surface area contributed by atoms with E-state index in [4.69, 9.17) is 14.2 Å². The van der Waals surface area contributed by atoms with Gasteiger partial charge in [-0.3, -0.25) is 4.79 Å². The second-order valence-corrected chi connectivity index (χ2v) is 20.1. The normalized spacial score (nSPS) is 12.4. The minimum Gasteiger partial charge on any atom is -0.461 e. The number of carbonyl (C=O) groups is 1. The lowest BCUT2D eigenvalue weighted by molar-refractivity contribution is -0.148. The topological polar surface area (TPSA) is 48.0 Å². The van der Waals surface area contributed by atoms with Crippen LogP contribution in [0.4, 0.5) is 0 Å². The number of ether oxygens (including phenoxy) is 3. The van der Waals surface area contributed by atoms with Gasteiger partial charge in [-0.1, -0.05) is 258 Å². The van der Waals surface area contributed by atoms with Crippen LogP contribution in [0.3, 0.4) is 0 Å². The van der Waals surface area contributed by atoms with Crippen LogP contribution in [0.2, 0.25) is 0 Å². The van der Waals surface area contributed by atoms with Gasteiger partial charge in [-0.05, 0) is 77.9 Å². The number of unbranched alkanes of at least 4 members (excludes halogenated alkanes) is 33. The van der Waals surface area contributed by atoms with Crippen LogP contribution in [-0.2, 0) is 19.0 Å². The van der Waals surface area contributed by atoms with Crippen molar-refractivity contribution in [2.75, 3.05) is 40.5 Å². The van der Waals surface area contributed by atoms with Crippen molar-refractivity contribution in [3.8, 4) is 0 Å². The molecule has 0 fully saturated rings. The molecular formula is C58H115NO4. The number of allylic oxidation sites excluding steroid dienone is 1. The molecule has 1 atom stereocenters. The molecule has 63 heavy (non-hydrogen) atoms. The van der Waals surface area contributed by atoms with Crippen molar-refractivity contribution >= 4 is 5.97 Å². The lowest BCUT2D eigenvalue weighted by Crippen LogP contribution is -2.19. The van der Waals surface area contributed by atoms with Crippen LogP contribution in [0, 0.1) is 5.92 Å². The average Bonchev–Trinajstić information content (AvgIpc) is 3.27. The van der Waals surface area contributed by atoms with E-state index in [1.807, 2.05) is 6.08 Å². The zero-order chi connectivity index (χ0) is 45.8. The van der Waals surface area contributed by atoms with Gasteiger partial charge >= 0.3 is 5.97 Å². The van der Waals surface area contributed by atoms with Gasteiger partial charge in [-0.25, -0.2) is 0 Å². The van der Waals surface area contributed by atoms with Gasteiger partial charge in [-0.2, -0.15) is 0 Å². The summed E-state index contributed by atoms with van der Waals surface area (Å²) in [5, 5.41) is 0. The van der Waals surface area contributed by atoms with E-state index in [1.54, 1.807) is 0 Å². The van der Waals surface area contributed by atoms with Gasteiger partial charge in [0.25, 0.3) is 0 Å². The fraction of sp³-hybridized carbons (Fsp3) is 0.948. The van der Waals surface area contributed by atoms with Gasteiger partial charge in [0.2, 0.25) is 0 Å². The predicted octanol–water partition coefficient (Wildman–Crippen LogP) is 18.8. The highest BCUT2D eigenvalue weighted by Crippen LogP contribution is 2.25. The molecule has 376 valence electrons. The predicted molar refractivity (Wildman–Crippen MR) is 278 cm³/mol. The molecular weight excluding hydrogens is 775 g/mol. The quantitative estimate of drug-likeness (QED) is 0.0264. The number of nitrogens with zero attached hydrogens (tertiary/aromatic N) is 1. The fourth-order valence-electron chi connectivity index (χ4n) is 9.07. The van der Waals surface area contributed by atoms with Crippen molar-refractivity contribution in [2.24, 2.45) is 5.92 Å². The van der Waals surface area contributed by atoms with Crippen LogP contribution >= 0.6 is 0 Å². The fourth-order valence-corrected chi connectivity index (χ4v) is 9.07. The molecule has 0 aliphatic heterocycles. The Morgan fingerprint density at radius 3 is 1.22 bits per heavy atom. The maximum Gasteiger partial charge on any atom is 0.306 e. The van der Waals surface area contributed by atoms with Gasteiger partial charge in [0.15, 0.2) is 6.29 Å². The molecule has 5 heteroatoms. The van der Waals surface area contributed by atoms with Crippen LogP contribution in [0.5, 0.6) is 0 Å². The summed E-state index contributed by atoms with van der Waals surface area (Å²) in [5.41, 5.74) is 0. The van der Waals surface area contributed by atoms with E-state index in [0.29, 0.717) is 13.0 Å². The minimum absolute atomic E-state index is 0.00812. The summed E-state index contributed by atoms with van der Waals surface area (Å²) in [6, 6.07) is 0. The molecule has 0 aromatic heterocycles. The van der Waals surface area contributed by atoms with Crippen molar-refractivity contribution in [3.63, 3.8) is 0 Å². The summed E-state index contributed by atoms with van der Waals surface area (Å²) >= 11 is 0. The Labute approximate surface area is 396 Å². The first-order valence-electron chi connectivity index (χ1n) is 28.7. The maximum atomic E-state index is 12.1. The van der Waals surface area contributed by atoms with Gasteiger partial charge in [0.05, 0.1) is 0 Å². The highest BCUT2D eigenvalue weighted by atomic mass is 16.7. The Morgan fingerprint density at radius 1 is 0.413 bits per heavy atom. The van der Waals surface area contributed by atoms with Crippen LogP contribution in [0.25, 0.3) is 0 Å². The van der Waals surface area contributed by atoms with Crippen molar-refractivity contribution in [1.82, 2.24) is 4.90 Å². The molecule has 5 nitrogen and oxygen atoms in total.